The van der Waals surface area contributed by atoms with Gasteiger partial charge in [0, 0.05) is 34.8 Å². The summed E-state index contributed by atoms with van der Waals surface area (Å²) in [6, 6.07) is 11.5. The summed E-state index contributed by atoms with van der Waals surface area (Å²) in [6.45, 7) is 6.83. The zero-order valence-corrected chi connectivity index (χ0v) is 19.4. The van der Waals surface area contributed by atoms with Crippen molar-refractivity contribution in [3.05, 3.63) is 79.6 Å². The minimum Gasteiger partial charge on any atom is -0.488 e. The van der Waals surface area contributed by atoms with Crippen molar-refractivity contribution in [3.8, 4) is 16.9 Å². The minimum absolute atomic E-state index is 0.0752. The summed E-state index contributed by atoms with van der Waals surface area (Å²) in [5.74, 6) is 1.03. The molecule has 4 rings (SSSR count). The normalized spacial score (nSPS) is 11.2. The molecule has 0 unspecified atom stereocenters. The molecule has 166 valence electrons. The molecule has 0 bridgehead atoms. The van der Waals surface area contributed by atoms with Crippen molar-refractivity contribution in [1.29, 1.82) is 0 Å². The lowest BCUT2D eigenvalue weighted by Gasteiger charge is -2.13. The van der Waals surface area contributed by atoms with Crippen molar-refractivity contribution in [3.63, 3.8) is 0 Å². The number of ether oxygens (including phenoxy) is 1. The van der Waals surface area contributed by atoms with Gasteiger partial charge in [-0.2, -0.15) is 0 Å². The standard InChI is InChI=1S/C25H27N3O3S/c1-4-9-21-27-24-23(22(16(3)32-24)17-10-7-6-8-11-17)25(30)28(21)15-18-13-19(29)20(14-26-18)31-12-5-2/h6-8,10-11,13-14H,4-5,9,12,15H2,1-3H3,(H,26,29). The molecule has 0 spiro atoms. The Bertz CT molecular complexity index is 1350. The number of H-pyrrole nitrogens is 1. The van der Waals surface area contributed by atoms with Crippen LogP contribution in [0.25, 0.3) is 21.3 Å². The fraction of sp³-hybridized carbons (Fsp3) is 0.320. The van der Waals surface area contributed by atoms with Gasteiger partial charge in [0.05, 0.1) is 18.5 Å². The molecule has 3 aromatic heterocycles. The first-order chi connectivity index (χ1) is 15.5. The van der Waals surface area contributed by atoms with Gasteiger partial charge in [0.15, 0.2) is 5.75 Å². The molecule has 4 aromatic rings. The number of hydrogen-bond acceptors (Lipinski definition) is 5. The molecule has 0 fully saturated rings. The van der Waals surface area contributed by atoms with E-state index < -0.39 is 0 Å². The molecule has 6 nitrogen and oxygen atoms in total. The number of aromatic nitrogens is 3. The Morgan fingerprint density at radius 3 is 2.59 bits per heavy atom. The molecule has 1 aromatic carbocycles. The molecule has 0 aliphatic heterocycles. The summed E-state index contributed by atoms with van der Waals surface area (Å²) in [6.07, 6.45) is 3.96. The number of thiophene rings is 1. The summed E-state index contributed by atoms with van der Waals surface area (Å²) in [5.41, 5.74) is 2.33. The maximum atomic E-state index is 13.7. The summed E-state index contributed by atoms with van der Waals surface area (Å²) < 4.78 is 7.18. The van der Waals surface area contributed by atoms with Crippen LogP contribution in [-0.2, 0) is 13.0 Å². The average Bonchev–Trinajstić information content (AvgIpc) is 3.12. The largest absolute Gasteiger partial charge is 0.488 e. The molecule has 0 amide bonds. The number of hydrogen-bond donors (Lipinski definition) is 1. The molecular weight excluding hydrogens is 422 g/mol. The minimum atomic E-state index is -0.192. The Morgan fingerprint density at radius 1 is 1.12 bits per heavy atom. The van der Waals surface area contributed by atoms with Crippen molar-refractivity contribution in [2.45, 2.75) is 46.6 Å². The fourth-order valence-electron chi connectivity index (χ4n) is 3.85. The van der Waals surface area contributed by atoms with Crippen LogP contribution >= 0.6 is 11.3 Å². The van der Waals surface area contributed by atoms with E-state index in [1.807, 2.05) is 44.2 Å². The van der Waals surface area contributed by atoms with Crippen LogP contribution in [0.4, 0.5) is 0 Å². The van der Waals surface area contributed by atoms with Crippen LogP contribution < -0.4 is 15.7 Å². The Balaban J connectivity index is 1.84. The predicted octanol–water partition coefficient (Wildman–Crippen LogP) is 4.91. The van der Waals surface area contributed by atoms with Crippen molar-refractivity contribution < 1.29 is 4.74 Å². The van der Waals surface area contributed by atoms with Crippen LogP contribution in [-0.4, -0.2) is 21.1 Å². The summed E-state index contributed by atoms with van der Waals surface area (Å²) in [4.78, 5) is 36.0. The van der Waals surface area contributed by atoms with Gasteiger partial charge in [-0.25, -0.2) is 4.98 Å². The molecule has 0 aliphatic rings. The van der Waals surface area contributed by atoms with Gasteiger partial charge in [-0.05, 0) is 25.3 Å². The lowest BCUT2D eigenvalue weighted by Crippen LogP contribution is -2.26. The molecule has 3 heterocycles. The summed E-state index contributed by atoms with van der Waals surface area (Å²) in [7, 11) is 0. The van der Waals surface area contributed by atoms with Gasteiger partial charge < -0.3 is 9.72 Å². The van der Waals surface area contributed by atoms with Crippen molar-refractivity contribution in [2.75, 3.05) is 6.61 Å². The highest BCUT2D eigenvalue weighted by Gasteiger charge is 2.20. The highest BCUT2D eigenvalue weighted by Crippen LogP contribution is 2.35. The second kappa shape index (κ2) is 9.53. The summed E-state index contributed by atoms with van der Waals surface area (Å²) >= 11 is 1.56. The molecule has 0 saturated carbocycles. The van der Waals surface area contributed by atoms with E-state index in [0.29, 0.717) is 29.9 Å². The lowest BCUT2D eigenvalue weighted by atomic mass is 10.0. The maximum Gasteiger partial charge on any atom is 0.263 e. The SMILES string of the molecule is CCCOc1c[nH]c(Cn2c(CCC)nc3sc(C)c(-c4ccccc4)c3c2=O)cc1=O. The molecule has 0 saturated heterocycles. The second-order valence-corrected chi connectivity index (χ2v) is 8.99. The first kappa shape index (κ1) is 22.0. The first-order valence-electron chi connectivity index (χ1n) is 11.0. The van der Waals surface area contributed by atoms with Crippen LogP contribution in [0.3, 0.4) is 0 Å². The number of fused-ring (bicyclic) bond motifs is 1. The molecule has 0 atom stereocenters. The average molecular weight is 450 g/mol. The van der Waals surface area contributed by atoms with E-state index in [1.165, 1.54) is 6.07 Å². The highest BCUT2D eigenvalue weighted by molar-refractivity contribution is 7.19. The van der Waals surface area contributed by atoms with Crippen LogP contribution in [0.1, 0.15) is 43.1 Å². The quantitative estimate of drug-likeness (QED) is 0.415. The number of benzene rings is 1. The van der Waals surface area contributed by atoms with Crippen LogP contribution in [0, 0.1) is 6.92 Å². The second-order valence-electron chi connectivity index (χ2n) is 7.78. The third-order valence-corrected chi connectivity index (χ3v) is 6.33. The van der Waals surface area contributed by atoms with E-state index in [4.69, 9.17) is 9.72 Å². The number of aromatic amines is 1. The molecule has 7 heteroatoms. The zero-order valence-electron chi connectivity index (χ0n) is 18.6. The van der Waals surface area contributed by atoms with Crippen molar-refractivity contribution in [1.82, 2.24) is 14.5 Å². The fourth-order valence-corrected chi connectivity index (χ4v) is 4.91. The number of aryl methyl sites for hydroxylation is 2. The van der Waals surface area contributed by atoms with Crippen LogP contribution in [0.15, 0.2) is 52.2 Å². The lowest BCUT2D eigenvalue weighted by molar-refractivity contribution is 0.313. The van der Waals surface area contributed by atoms with E-state index >= 15 is 0 Å². The first-order valence-corrected chi connectivity index (χ1v) is 11.8. The topological polar surface area (TPSA) is 77.0 Å². The van der Waals surface area contributed by atoms with E-state index in [0.717, 1.165) is 39.5 Å². The Hall–Kier alpha value is -3.19. The van der Waals surface area contributed by atoms with Gasteiger partial charge >= 0.3 is 0 Å². The monoisotopic (exact) mass is 449 g/mol. The van der Waals surface area contributed by atoms with E-state index in [9.17, 15) is 9.59 Å². The van der Waals surface area contributed by atoms with Crippen LogP contribution in [0.5, 0.6) is 5.75 Å². The third-order valence-electron chi connectivity index (χ3n) is 5.33. The number of nitrogens with one attached hydrogen (secondary N) is 1. The van der Waals surface area contributed by atoms with Crippen LogP contribution in [0.2, 0.25) is 0 Å². The maximum absolute atomic E-state index is 13.7. The molecule has 32 heavy (non-hydrogen) atoms. The number of pyridine rings is 1. The van der Waals surface area contributed by atoms with E-state index in [2.05, 4.69) is 11.9 Å². The predicted molar refractivity (Wildman–Crippen MR) is 130 cm³/mol. The molecule has 0 radical (unpaired) electrons. The molecule has 1 N–H and O–H groups in total. The van der Waals surface area contributed by atoms with Gasteiger partial charge in [0.1, 0.15) is 10.7 Å². The smallest absolute Gasteiger partial charge is 0.263 e. The van der Waals surface area contributed by atoms with Crippen molar-refractivity contribution >= 4 is 21.6 Å². The molecule has 0 aliphatic carbocycles. The van der Waals surface area contributed by atoms with Gasteiger partial charge in [-0.3, -0.25) is 14.2 Å². The van der Waals surface area contributed by atoms with Gasteiger partial charge in [0.2, 0.25) is 5.43 Å². The summed E-state index contributed by atoms with van der Waals surface area (Å²) in [5, 5.41) is 0.642. The van der Waals surface area contributed by atoms with Gasteiger partial charge in [0.25, 0.3) is 5.56 Å². The Kier molecular flexibility index (Phi) is 6.55. The number of nitrogens with zero attached hydrogens (tertiary/aromatic N) is 2. The van der Waals surface area contributed by atoms with Gasteiger partial charge in [-0.15, -0.1) is 11.3 Å². The number of rotatable bonds is 8. The van der Waals surface area contributed by atoms with E-state index in [1.54, 1.807) is 22.1 Å². The zero-order chi connectivity index (χ0) is 22.7. The van der Waals surface area contributed by atoms with Gasteiger partial charge in [-0.1, -0.05) is 44.2 Å². The Labute approximate surface area is 190 Å². The van der Waals surface area contributed by atoms with Crippen molar-refractivity contribution in [2.24, 2.45) is 0 Å². The Morgan fingerprint density at radius 2 is 1.91 bits per heavy atom. The third kappa shape index (κ3) is 4.25. The highest BCUT2D eigenvalue weighted by atomic mass is 32.1. The van der Waals surface area contributed by atoms with E-state index in [-0.39, 0.29) is 17.5 Å². The molecular formula is C25H27N3O3S.